The topological polar surface area (TPSA) is 73.8 Å². The van der Waals surface area contributed by atoms with Crippen molar-refractivity contribution in [2.24, 2.45) is 0 Å². The van der Waals surface area contributed by atoms with Crippen LogP contribution in [0.1, 0.15) is 29.5 Å². The molecule has 1 atom stereocenters. The van der Waals surface area contributed by atoms with Crippen molar-refractivity contribution in [2.75, 3.05) is 6.54 Å². The van der Waals surface area contributed by atoms with Crippen LogP contribution in [0.15, 0.2) is 91.4 Å². The van der Waals surface area contributed by atoms with Crippen LogP contribution in [0.4, 0.5) is 0 Å². The van der Waals surface area contributed by atoms with Crippen molar-refractivity contribution in [2.45, 2.75) is 25.0 Å². The Kier molecular flexibility index (Phi) is 6.02. The van der Waals surface area contributed by atoms with Gasteiger partial charge < -0.3 is 10.4 Å². The van der Waals surface area contributed by atoms with E-state index in [4.69, 9.17) is 0 Å². The number of aliphatic hydroxyl groups is 1. The molecule has 0 aliphatic rings. The lowest BCUT2D eigenvalue weighted by Gasteiger charge is -2.34. The van der Waals surface area contributed by atoms with Crippen molar-refractivity contribution in [3.8, 4) is 11.3 Å². The Balaban J connectivity index is 1.51. The molecule has 152 valence electrons. The van der Waals surface area contributed by atoms with E-state index in [-0.39, 0.29) is 5.92 Å². The molecule has 4 aromatic rings. The summed E-state index contributed by atoms with van der Waals surface area (Å²) in [6.45, 7) is 2.91. The number of aromatic nitrogens is 3. The average Bonchev–Trinajstić information content (AvgIpc) is 3.24. The Morgan fingerprint density at radius 1 is 0.933 bits per heavy atom. The quantitative estimate of drug-likeness (QED) is 0.417. The van der Waals surface area contributed by atoms with Gasteiger partial charge in [0.1, 0.15) is 0 Å². The highest BCUT2D eigenvalue weighted by Crippen LogP contribution is 2.34. The maximum atomic E-state index is 11.5. The zero-order valence-electron chi connectivity index (χ0n) is 17.0. The van der Waals surface area contributed by atoms with Crippen molar-refractivity contribution in [1.82, 2.24) is 20.5 Å². The molecule has 0 spiro atoms. The van der Waals surface area contributed by atoms with Crippen LogP contribution in [0.25, 0.3) is 11.3 Å². The van der Waals surface area contributed by atoms with Crippen molar-refractivity contribution in [3.05, 3.63) is 108 Å². The van der Waals surface area contributed by atoms with Crippen LogP contribution in [0, 0.1) is 0 Å². The number of nitrogens with one attached hydrogen (secondary N) is 2. The van der Waals surface area contributed by atoms with Crippen LogP contribution in [-0.2, 0) is 6.54 Å². The van der Waals surface area contributed by atoms with Crippen molar-refractivity contribution < 1.29 is 5.11 Å². The molecule has 3 N–H and O–H groups in total. The predicted octanol–water partition coefficient (Wildman–Crippen LogP) is 4.14. The fourth-order valence-electron chi connectivity index (χ4n) is 3.96. The summed E-state index contributed by atoms with van der Waals surface area (Å²) in [4.78, 5) is 4.18. The summed E-state index contributed by atoms with van der Waals surface area (Å²) in [7, 11) is 0. The fourth-order valence-corrected chi connectivity index (χ4v) is 3.96. The smallest absolute Gasteiger partial charge is 0.0852 e. The van der Waals surface area contributed by atoms with Gasteiger partial charge in [0.2, 0.25) is 0 Å². The van der Waals surface area contributed by atoms with E-state index in [0.717, 1.165) is 27.9 Å². The second kappa shape index (κ2) is 9.03. The van der Waals surface area contributed by atoms with Gasteiger partial charge in [0, 0.05) is 42.5 Å². The molecule has 0 unspecified atom stereocenters. The molecule has 0 radical (unpaired) electrons. The minimum Gasteiger partial charge on any atom is -0.388 e. The number of rotatable bonds is 8. The monoisotopic (exact) mass is 398 g/mol. The van der Waals surface area contributed by atoms with E-state index in [1.807, 2.05) is 67.8 Å². The second-order valence-electron chi connectivity index (χ2n) is 7.73. The van der Waals surface area contributed by atoms with Crippen LogP contribution in [0.5, 0.6) is 0 Å². The van der Waals surface area contributed by atoms with Crippen LogP contribution in [-0.4, -0.2) is 32.4 Å². The summed E-state index contributed by atoms with van der Waals surface area (Å²) >= 11 is 0. The van der Waals surface area contributed by atoms with Crippen molar-refractivity contribution in [1.29, 1.82) is 0 Å². The van der Waals surface area contributed by atoms with Crippen LogP contribution < -0.4 is 5.32 Å². The lowest BCUT2D eigenvalue weighted by Crippen LogP contribution is -2.43. The van der Waals surface area contributed by atoms with E-state index in [9.17, 15) is 5.11 Å². The standard InChI is InChI=1S/C25H26N4O/c1-25(30,23(19-9-4-2-5-10-19)20-11-6-3-7-12-20)18-27-16-22-17-28-29-24(22)21-13-8-14-26-15-21/h2-15,17,23,27,30H,16,18H2,1H3,(H,28,29)/t25-/m1/s1. The predicted molar refractivity (Wildman–Crippen MR) is 119 cm³/mol. The molecule has 0 saturated heterocycles. The fraction of sp³-hybridized carbons (Fsp3) is 0.200. The summed E-state index contributed by atoms with van der Waals surface area (Å²) in [6.07, 6.45) is 5.38. The van der Waals surface area contributed by atoms with Gasteiger partial charge in [0.25, 0.3) is 0 Å². The van der Waals surface area contributed by atoms with Gasteiger partial charge in [-0.1, -0.05) is 60.7 Å². The van der Waals surface area contributed by atoms with Gasteiger partial charge in [-0.05, 0) is 30.2 Å². The molecule has 0 aliphatic heterocycles. The summed E-state index contributed by atoms with van der Waals surface area (Å²) in [5.74, 6) is -0.144. The van der Waals surface area contributed by atoms with Gasteiger partial charge in [-0.2, -0.15) is 5.10 Å². The summed E-state index contributed by atoms with van der Waals surface area (Å²) in [5.41, 5.74) is 4.17. The number of pyridine rings is 1. The number of nitrogens with zero attached hydrogens (tertiary/aromatic N) is 2. The third kappa shape index (κ3) is 4.48. The summed E-state index contributed by atoms with van der Waals surface area (Å²) in [6, 6.07) is 24.2. The molecule has 2 aromatic carbocycles. The van der Waals surface area contributed by atoms with E-state index in [1.165, 1.54) is 0 Å². The Morgan fingerprint density at radius 2 is 1.60 bits per heavy atom. The Bertz CT molecular complexity index is 1010. The molecule has 0 bridgehead atoms. The molecule has 0 aliphatic carbocycles. The molecular weight excluding hydrogens is 372 g/mol. The highest BCUT2D eigenvalue weighted by molar-refractivity contribution is 5.61. The number of hydrogen-bond donors (Lipinski definition) is 3. The molecule has 0 fully saturated rings. The molecule has 5 heteroatoms. The maximum absolute atomic E-state index is 11.5. The molecule has 2 aromatic heterocycles. The minimum absolute atomic E-state index is 0.144. The normalized spacial score (nSPS) is 13.3. The first-order chi connectivity index (χ1) is 14.6. The zero-order chi connectivity index (χ0) is 20.8. The van der Waals surface area contributed by atoms with Gasteiger partial charge in [0.15, 0.2) is 0 Å². The molecule has 0 saturated carbocycles. The largest absolute Gasteiger partial charge is 0.388 e. The zero-order valence-corrected chi connectivity index (χ0v) is 17.0. The average molecular weight is 399 g/mol. The third-order valence-corrected chi connectivity index (χ3v) is 5.35. The van der Waals surface area contributed by atoms with Gasteiger partial charge in [-0.25, -0.2) is 0 Å². The van der Waals surface area contributed by atoms with E-state index >= 15 is 0 Å². The van der Waals surface area contributed by atoms with Crippen molar-refractivity contribution >= 4 is 0 Å². The summed E-state index contributed by atoms with van der Waals surface area (Å²) in [5, 5.41) is 22.2. The Hall–Kier alpha value is -3.28. The highest BCUT2D eigenvalue weighted by Gasteiger charge is 2.34. The van der Waals surface area contributed by atoms with Gasteiger partial charge in [-0.3, -0.25) is 10.1 Å². The van der Waals surface area contributed by atoms with E-state index < -0.39 is 5.60 Å². The minimum atomic E-state index is -0.985. The lowest BCUT2D eigenvalue weighted by atomic mass is 9.78. The van der Waals surface area contributed by atoms with E-state index in [1.54, 1.807) is 6.20 Å². The van der Waals surface area contributed by atoms with Crippen LogP contribution >= 0.6 is 0 Å². The first kappa shape index (κ1) is 20.0. The highest BCUT2D eigenvalue weighted by atomic mass is 16.3. The molecule has 2 heterocycles. The SMILES string of the molecule is C[C@@](O)(CNCc1cn[nH]c1-c1cccnc1)C(c1ccccc1)c1ccccc1. The maximum Gasteiger partial charge on any atom is 0.0852 e. The first-order valence-corrected chi connectivity index (χ1v) is 10.1. The number of H-pyrrole nitrogens is 1. The van der Waals surface area contributed by atoms with E-state index in [0.29, 0.717) is 13.1 Å². The Labute approximate surface area is 176 Å². The molecule has 5 nitrogen and oxygen atoms in total. The number of hydrogen-bond acceptors (Lipinski definition) is 4. The van der Waals surface area contributed by atoms with Crippen LogP contribution in [0.3, 0.4) is 0 Å². The Morgan fingerprint density at radius 3 is 2.20 bits per heavy atom. The molecular formula is C25H26N4O. The summed E-state index contributed by atoms with van der Waals surface area (Å²) < 4.78 is 0. The van der Waals surface area contributed by atoms with Gasteiger partial charge >= 0.3 is 0 Å². The molecule has 30 heavy (non-hydrogen) atoms. The van der Waals surface area contributed by atoms with Gasteiger partial charge in [0.05, 0.1) is 17.5 Å². The van der Waals surface area contributed by atoms with E-state index in [2.05, 4.69) is 44.8 Å². The van der Waals surface area contributed by atoms with Crippen LogP contribution in [0.2, 0.25) is 0 Å². The first-order valence-electron chi connectivity index (χ1n) is 10.1. The molecule has 0 amide bonds. The lowest BCUT2D eigenvalue weighted by molar-refractivity contribution is 0.0426. The molecule has 4 rings (SSSR count). The third-order valence-electron chi connectivity index (χ3n) is 5.35. The second-order valence-corrected chi connectivity index (χ2v) is 7.73. The number of aromatic amines is 1. The number of benzene rings is 2. The van der Waals surface area contributed by atoms with Crippen molar-refractivity contribution in [3.63, 3.8) is 0 Å². The van der Waals surface area contributed by atoms with Gasteiger partial charge in [-0.15, -0.1) is 0 Å².